The minimum Gasteiger partial charge on any atom is -0.496 e. The fraction of sp³-hybridized carbons (Fsp3) is 0.143. The Labute approximate surface area is 133 Å². The van der Waals surface area contributed by atoms with Gasteiger partial charge in [0.05, 0.1) is 19.1 Å². The van der Waals surface area contributed by atoms with E-state index >= 15 is 0 Å². The molecule has 0 saturated carbocycles. The third-order valence-electron chi connectivity index (χ3n) is 2.57. The number of rotatable bonds is 6. The Morgan fingerprint density at radius 2 is 1.43 bits per heavy atom. The van der Waals surface area contributed by atoms with E-state index in [-0.39, 0.29) is 0 Å². The molecule has 112 valence electrons. The van der Waals surface area contributed by atoms with Crippen molar-refractivity contribution in [2.75, 3.05) is 14.2 Å². The molecule has 2 aromatic rings. The van der Waals surface area contributed by atoms with Gasteiger partial charge in [0.15, 0.2) is 11.5 Å². The van der Waals surface area contributed by atoms with E-state index in [0.29, 0.717) is 17.2 Å². The first-order valence-electron chi connectivity index (χ1n) is 6.04. The van der Waals surface area contributed by atoms with Crippen LogP contribution in [0.1, 0.15) is 0 Å². The third kappa shape index (κ3) is 4.38. The predicted molar refractivity (Wildman–Crippen MR) is 89.0 cm³/mol. The van der Waals surface area contributed by atoms with Crippen LogP contribution in [-0.2, 0) is 11.8 Å². The second-order valence-corrected chi connectivity index (χ2v) is 9.91. The number of benzene rings is 2. The summed E-state index contributed by atoms with van der Waals surface area (Å²) >= 11 is 6.31. The van der Waals surface area contributed by atoms with Crippen LogP contribution in [0.15, 0.2) is 53.4 Å². The van der Waals surface area contributed by atoms with Crippen LogP contribution in [0.5, 0.6) is 17.2 Å². The van der Waals surface area contributed by atoms with Crippen molar-refractivity contribution >= 4 is 28.9 Å². The molecule has 2 aromatic carbocycles. The standard InChI is InChI=1S/C14H15O4PS2/c1-16-11-7-3-4-8-12(11)18-19(15,20)21-14-10-6-5-9-13(14)17-2/h3-10H,1-2H3,(H,15,20). The molecular formula is C14H15O4PS2. The van der Waals surface area contributed by atoms with Crippen LogP contribution in [0.2, 0.25) is 0 Å². The zero-order valence-corrected chi connectivity index (χ0v) is 14.1. The highest BCUT2D eigenvalue weighted by Crippen LogP contribution is 2.61. The molecule has 0 aliphatic rings. The maximum atomic E-state index is 10.4. The van der Waals surface area contributed by atoms with Gasteiger partial charge in [0.25, 0.3) is 5.69 Å². The molecule has 0 amide bonds. The number of para-hydroxylation sites is 3. The Kier molecular flexibility index (Phi) is 5.53. The Morgan fingerprint density at radius 1 is 0.905 bits per heavy atom. The second kappa shape index (κ2) is 7.18. The van der Waals surface area contributed by atoms with Gasteiger partial charge in [-0.3, -0.25) is 0 Å². The Balaban J connectivity index is 2.20. The van der Waals surface area contributed by atoms with Crippen molar-refractivity contribution in [2.45, 2.75) is 4.90 Å². The first-order valence-corrected chi connectivity index (χ1v) is 10.1. The normalized spacial score (nSPS) is 13.3. The number of ether oxygens (including phenoxy) is 2. The molecule has 7 heteroatoms. The highest BCUT2D eigenvalue weighted by molar-refractivity contribution is 8.67. The number of hydrogen-bond acceptors (Lipinski definition) is 5. The van der Waals surface area contributed by atoms with Gasteiger partial charge in [-0.25, -0.2) is 0 Å². The van der Waals surface area contributed by atoms with Crippen molar-refractivity contribution in [3.05, 3.63) is 48.5 Å². The highest BCUT2D eigenvalue weighted by atomic mass is 32.9. The molecule has 1 atom stereocenters. The molecule has 21 heavy (non-hydrogen) atoms. The molecule has 4 nitrogen and oxygen atoms in total. The van der Waals surface area contributed by atoms with E-state index in [4.69, 9.17) is 25.8 Å². The van der Waals surface area contributed by atoms with E-state index in [1.807, 2.05) is 24.3 Å². The van der Waals surface area contributed by atoms with E-state index in [1.165, 1.54) is 7.11 Å². The summed E-state index contributed by atoms with van der Waals surface area (Å²) in [5.74, 6) is 1.60. The lowest BCUT2D eigenvalue weighted by Crippen LogP contribution is -1.93. The van der Waals surface area contributed by atoms with Crippen LogP contribution in [0.3, 0.4) is 0 Å². The molecule has 2 rings (SSSR count). The van der Waals surface area contributed by atoms with E-state index in [9.17, 15) is 4.89 Å². The Morgan fingerprint density at radius 3 is 2.05 bits per heavy atom. The maximum Gasteiger partial charge on any atom is 0.299 e. The van der Waals surface area contributed by atoms with Crippen molar-refractivity contribution < 1.29 is 18.9 Å². The molecule has 0 aliphatic carbocycles. The van der Waals surface area contributed by atoms with Gasteiger partial charge < -0.3 is 18.9 Å². The summed E-state index contributed by atoms with van der Waals surface area (Å²) in [4.78, 5) is 11.2. The van der Waals surface area contributed by atoms with Gasteiger partial charge in [-0.2, -0.15) is 0 Å². The average Bonchev–Trinajstić information content (AvgIpc) is 2.47. The summed E-state index contributed by atoms with van der Waals surface area (Å²) in [7, 11) is 3.11. The van der Waals surface area contributed by atoms with Crippen LogP contribution in [0.4, 0.5) is 0 Å². The Bertz CT molecular complexity index is 609. The maximum absolute atomic E-state index is 10.4. The molecule has 0 bridgehead atoms. The smallest absolute Gasteiger partial charge is 0.299 e. The summed E-state index contributed by atoms with van der Waals surface area (Å²) in [6.07, 6.45) is 0. The van der Waals surface area contributed by atoms with Gasteiger partial charge in [0, 0.05) is 0 Å². The van der Waals surface area contributed by atoms with Gasteiger partial charge in [0.1, 0.15) is 5.75 Å². The first kappa shape index (κ1) is 16.2. The second-order valence-electron chi connectivity index (χ2n) is 3.95. The molecule has 0 radical (unpaired) electrons. The van der Waals surface area contributed by atoms with Gasteiger partial charge >= 0.3 is 0 Å². The number of methoxy groups -OCH3 is 2. The molecule has 0 aromatic heterocycles. The van der Waals surface area contributed by atoms with Gasteiger partial charge in [-0.05, 0) is 47.5 Å². The largest absolute Gasteiger partial charge is 0.496 e. The first-order chi connectivity index (χ1) is 10.1. The van der Waals surface area contributed by atoms with E-state index in [0.717, 1.165) is 16.3 Å². The summed E-state index contributed by atoms with van der Waals surface area (Å²) in [5.41, 5.74) is -3.13. The van der Waals surface area contributed by atoms with Crippen molar-refractivity contribution in [3.8, 4) is 17.2 Å². The zero-order valence-electron chi connectivity index (χ0n) is 11.6. The third-order valence-corrected chi connectivity index (χ3v) is 6.16. The van der Waals surface area contributed by atoms with E-state index < -0.39 is 5.69 Å². The van der Waals surface area contributed by atoms with Crippen LogP contribution >= 0.6 is 17.1 Å². The highest BCUT2D eigenvalue weighted by Gasteiger charge is 2.21. The molecule has 0 heterocycles. The van der Waals surface area contributed by atoms with Crippen LogP contribution in [-0.4, -0.2) is 19.1 Å². The topological polar surface area (TPSA) is 47.9 Å². The quantitative estimate of drug-likeness (QED) is 0.798. The Hall–Kier alpha value is -1.20. The minimum absolute atomic E-state index is 0.424. The molecular weight excluding hydrogens is 327 g/mol. The summed E-state index contributed by atoms with van der Waals surface area (Å²) in [6, 6.07) is 14.4. The van der Waals surface area contributed by atoms with Crippen molar-refractivity contribution in [2.24, 2.45) is 0 Å². The van der Waals surface area contributed by atoms with E-state index in [2.05, 4.69) is 0 Å². The molecule has 0 spiro atoms. The van der Waals surface area contributed by atoms with Crippen LogP contribution in [0.25, 0.3) is 0 Å². The molecule has 1 N–H and O–H groups in total. The van der Waals surface area contributed by atoms with Gasteiger partial charge in [-0.1, -0.05) is 24.3 Å². The summed E-state index contributed by atoms with van der Waals surface area (Å²) < 4.78 is 16.0. The molecule has 0 fully saturated rings. The predicted octanol–water partition coefficient (Wildman–Crippen LogP) is 4.09. The summed E-state index contributed by atoms with van der Waals surface area (Å²) in [5, 5.41) is 0. The van der Waals surface area contributed by atoms with Gasteiger partial charge in [0.2, 0.25) is 0 Å². The van der Waals surface area contributed by atoms with Crippen LogP contribution < -0.4 is 14.0 Å². The fourth-order valence-corrected chi connectivity index (χ4v) is 5.24. The number of hydrogen-bond donors (Lipinski definition) is 1. The SMILES string of the molecule is COc1ccccc1OP(O)(=S)Sc1ccccc1OC. The monoisotopic (exact) mass is 342 g/mol. The van der Waals surface area contributed by atoms with Crippen molar-refractivity contribution in [3.63, 3.8) is 0 Å². The van der Waals surface area contributed by atoms with Crippen molar-refractivity contribution in [1.82, 2.24) is 0 Å². The zero-order chi connectivity index (χ0) is 15.3. The van der Waals surface area contributed by atoms with Gasteiger partial charge in [-0.15, -0.1) is 0 Å². The minimum atomic E-state index is -3.13. The van der Waals surface area contributed by atoms with E-state index in [1.54, 1.807) is 31.4 Å². The lowest BCUT2D eigenvalue weighted by atomic mass is 10.3. The summed E-state index contributed by atoms with van der Waals surface area (Å²) in [6.45, 7) is 0. The molecule has 0 aliphatic heterocycles. The molecule has 1 unspecified atom stereocenters. The van der Waals surface area contributed by atoms with Crippen LogP contribution in [0, 0.1) is 0 Å². The lowest BCUT2D eigenvalue weighted by Gasteiger charge is -2.18. The van der Waals surface area contributed by atoms with Crippen molar-refractivity contribution in [1.29, 1.82) is 0 Å². The lowest BCUT2D eigenvalue weighted by molar-refractivity contribution is 0.391. The molecule has 0 saturated heterocycles. The average molecular weight is 342 g/mol. The fourth-order valence-electron chi connectivity index (χ4n) is 1.66.